The van der Waals surface area contributed by atoms with E-state index in [0.717, 1.165) is 44.5 Å². The topological polar surface area (TPSA) is 69.7 Å². The molecule has 2 aromatic rings. The Morgan fingerprint density at radius 1 is 1.07 bits per heavy atom. The summed E-state index contributed by atoms with van der Waals surface area (Å²) in [6.07, 6.45) is 4.07. The summed E-state index contributed by atoms with van der Waals surface area (Å²) in [6.45, 7) is 3.60. The van der Waals surface area contributed by atoms with E-state index in [9.17, 15) is 13.2 Å². The van der Waals surface area contributed by atoms with Gasteiger partial charge in [-0.1, -0.05) is 42.5 Å². The highest BCUT2D eigenvalue weighted by Gasteiger charge is 2.26. The Balaban J connectivity index is 1.37. The minimum atomic E-state index is -3.26. The second-order valence-corrected chi connectivity index (χ2v) is 10.3. The molecule has 0 bridgehead atoms. The van der Waals surface area contributed by atoms with Crippen LogP contribution in [0.1, 0.15) is 29.5 Å². The van der Waals surface area contributed by atoms with Crippen LogP contribution in [0.2, 0.25) is 0 Å². The second-order valence-electron chi connectivity index (χ2n) is 8.34. The van der Waals surface area contributed by atoms with Gasteiger partial charge >= 0.3 is 6.03 Å². The molecule has 2 aromatic carbocycles. The number of fused-ring (bicyclic) bond motifs is 1. The lowest BCUT2D eigenvalue weighted by molar-refractivity contribution is 0.160. The van der Waals surface area contributed by atoms with Crippen molar-refractivity contribution in [2.45, 2.75) is 43.3 Å². The number of hydrogen-bond donors (Lipinski definition) is 1. The fourth-order valence-corrected chi connectivity index (χ4v) is 5.42. The molecule has 0 saturated carbocycles. The molecule has 6 nitrogen and oxygen atoms in total. The summed E-state index contributed by atoms with van der Waals surface area (Å²) in [7, 11) is -3.26. The van der Waals surface area contributed by atoms with Crippen molar-refractivity contribution in [2.75, 3.05) is 25.9 Å². The molecule has 1 fully saturated rings. The van der Waals surface area contributed by atoms with Crippen molar-refractivity contribution in [3.05, 3.63) is 65.2 Å². The van der Waals surface area contributed by atoms with Gasteiger partial charge in [0.1, 0.15) is 0 Å². The van der Waals surface area contributed by atoms with Crippen molar-refractivity contribution >= 4 is 15.9 Å². The molecule has 1 N–H and O–H groups in total. The van der Waals surface area contributed by atoms with Crippen molar-refractivity contribution in [2.24, 2.45) is 0 Å². The summed E-state index contributed by atoms with van der Waals surface area (Å²) >= 11 is 0. The molecular weight excluding hydrogens is 398 g/mol. The Morgan fingerprint density at radius 2 is 1.80 bits per heavy atom. The third-order valence-corrected chi connectivity index (χ3v) is 7.21. The van der Waals surface area contributed by atoms with Crippen molar-refractivity contribution in [3.63, 3.8) is 0 Å². The number of nitrogens with one attached hydrogen (secondary N) is 1. The lowest BCUT2D eigenvalue weighted by Gasteiger charge is -2.36. The number of carbonyl (C=O) groups is 1. The van der Waals surface area contributed by atoms with E-state index in [-0.39, 0.29) is 12.1 Å². The van der Waals surface area contributed by atoms with E-state index in [1.807, 2.05) is 29.2 Å². The van der Waals surface area contributed by atoms with Gasteiger partial charge < -0.3 is 10.2 Å². The SMILES string of the molecule is CS(=O)(=O)c1ccccc1CN1CCCC(NC(=O)N2CCc3ccccc3C2)C1. The van der Waals surface area contributed by atoms with Gasteiger partial charge in [-0.25, -0.2) is 13.2 Å². The molecule has 1 saturated heterocycles. The van der Waals surface area contributed by atoms with Gasteiger partial charge in [0, 0.05) is 38.5 Å². The lowest BCUT2D eigenvalue weighted by atomic mass is 10.00. The maximum absolute atomic E-state index is 12.8. The normalized spacial score (nSPS) is 19.9. The zero-order valence-electron chi connectivity index (χ0n) is 17.4. The highest BCUT2D eigenvalue weighted by atomic mass is 32.2. The summed E-state index contributed by atoms with van der Waals surface area (Å²) in [5.41, 5.74) is 3.37. The number of urea groups is 1. The minimum absolute atomic E-state index is 0.00658. The molecule has 2 heterocycles. The van der Waals surface area contributed by atoms with Crippen LogP contribution in [-0.2, 0) is 29.3 Å². The van der Waals surface area contributed by atoms with Crippen LogP contribution in [0, 0.1) is 0 Å². The van der Waals surface area contributed by atoms with Gasteiger partial charge in [-0.15, -0.1) is 0 Å². The molecule has 4 rings (SSSR count). The van der Waals surface area contributed by atoms with Gasteiger partial charge in [0.2, 0.25) is 0 Å². The first-order chi connectivity index (χ1) is 14.4. The molecule has 0 spiro atoms. The predicted octanol–water partition coefficient (Wildman–Crippen LogP) is 2.82. The van der Waals surface area contributed by atoms with E-state index in [4.69, 9.17) is 0 Å². The number of piperidine rings is 1. The zero-order valence-corrected chi connectivity index (χ0v) is 18.2. The number of amides is 2. The number of nitrogens with zero attached hydrogens (tertiary/aromatic N) is 2. The van der Waals surface area contributed by atoms with Gasteiger partial charge in [-0.05, 0) is 48.6 Å². The molecule has 30 heavy (non-hydrogen) atoms. The molecule has 1 unspecified atom stereocenters. The smallest absolute Gasteiger partial charge is 0.317 e. The van der Waals surface area contributed by atoms with Crippen LogP contribution < -0.4 is 5.32 Å². The van der Waals surface area contributed by atoms with E-state index in [1.165, 1.54) is 17.4 Å². The van der Waals surface area contributed by atoms with Crippen LogP contribution in [0.5, 0.6) is 0 Å². The van der Waals surface area contributed by atoms with Crippen molar-refractivity contribution in [3.8, 4) is 0 Å². The number of likely N-dealkylation sites (tertiary alicyclic amines) is 1. The third kappa shape index (κ3) is 4.84. The minimum Gasteiger partial charge on any atom is -0.334 e. The van der Waals surface area contributed by atoms with Crippen molar-refractivity contribution in [1.82, 2.24) is 15.1 Å². The van der Waals surface area contributed by atoms with E-state index >= 15 is 0 Å². The van der Waals surface area contributed by atoms with Gasteiger partial charge in [0.15, 0.2) is 9.84 Å². The average Bonchev–Trinajstić information content (AvgIpc) is 2.73. The lowest BCUT2D eigenvalue weighted by Crippen LogP contribution is -2.52. The largest absolute Gasteiger partial charge is 0.334 e. The molecule has 0 radical (unpaired) electrons. The van der Waals surface area contributed by atoms with Crippen LogP contribution >= 0.6 is 0 Å². The molecule has 1 atom stereocenters. The number of sulfone groups is 1. The van der Waals surface area contributed by atoms with Crippen molar-refractivity contribution in [1.29, 1.82) is 0 Å². The molecule has 0 aliphatic carbocycles. The van der Waals surface area contributed by atoms with Gasteiger partial charge in [0.05, 0.1) is 4.90 Å². The van der Waals surface area contributed by atoms with E-state index in [1.54, 1.807) is 12.1 Å². The van der Waals surface area contributed by atoms with Gasteiger partial charge in [0.25, 0.3) is 0 Å². The Bertz CT molecular complexity index is 1020. The number of carbonyl (C=O) groups excluding carboxylic acids is 1. The Kier molecular flexibility index (Phi) is 6.11. The Labute approximate surface area is 178 Å². The molecule has 7 heteroatoms. The summed E-state index contributed by atoms with van der Waals surface area (Å²) in [5, 5.41) is 3.21. The molecule has 160 valence electrons. The highest BCUT2D eigenvalue weighted by Crippen LogP contribution is 2.21. The first-order valence-corrected chi connectivity index (χ1v) is 12.4. The van der Waals surface area contributed by atoms with Gasteiger partial charge in [-0.2, -0.15) is 0 Å². The second kappa shape index (κ2) is 8.78. The van der Waals surface area contributed by atoms with Crippen LogP contribution in [0.3, 0.4) is 0 Å². The number of hydrogen-bond acceptors (Lipinski definition) is 4. The summed E-state index contributed by atoms with van der Waals surface area (Å²) in [5.74, 6) is 0. The van der Waals surface area contributed by atoms with Crippen molar-refractivity contribution < 1.29 is 13.2 Å². The highest BCUT2D eigenvalue weighted by molar-refractivity contribution is 7.90. The summed E-state index contributed by atoms with van der Waals surface area (Å²) < 4.78 is 24.2. The quantitative estimate of drug-likeness (QED) is 0.815. The molecule has 0 aromatic heterocycles. The monoisotopic (exact) mass is 427 g/mol. The molecule has 2 amide bonds. The fourth-order valence-electron chi connectivity index (χ4n) is 4.49. The van der Waals surface area contributed by atoms with E-state index in [0.29, 0.717) is 18.0 Å². The molecule has 2 aliphatic rings. The van der Waals surface area contributed by atoms with E-state index < -0.39 is 9.84 Å². The number of rotatable bonds is 4. The maximum atomic E-state index is 12.8. The fraction of sp³-hybridized carbons (Fsp3) is 0.435. The zero-order chi connectivity index (χ0) is 21.1. The number of benzene rings is 2. The average molecular weight is 428 g/mol. The summed E-state index contributed by atoms with van der Waals surface area (Å²) in [4.78, 5) is 17.4. The van der Waals surface area contributed by atoms with E-state index in [2.05, 4.69) is 22.3 Å². The van der Waals surface area contributed by atoms with Crippen LogP contribution in [0.15, 0.2) is 53.4 Å². The molecule has 2 aliphatic heterocycles. The van der Waals surface area contributed by atoms with Crippen LogP contribution in [-0.4, -0.2) is 56.2 Å². The standard InChI is InChI=1S/C23H29N3O3S/c1-30(28,29)22-11-5-4-9-20(22)15-25-13-6-10-21(17-25)24-23(27)26-14-12-18-7-2-3-8-19(18)16-26/h2-5,7-9,11,21H,6,10,12-17H2,1H3,(H,24,27). The Hall–Kier alpha value is -2.38. The molecular formula is C23H29N3O3S. The first kappa shape index (κ1) is 20.9. The van der Waals surface area contributed by atoms with Crippen LogP contribution in [0.25, 0.3) is 0 Å². The maximum Gasteiger partial charge on any atom is 0.317 e. The predicted molar refractivity (Wildman–Crippen MR) is 117 cm³/mol. The van der Waals surface area contributed by atoms with Gasteiger partial charge in [-0.3, -0.25) is 4.90 Å². The third-order valence-electron chi connectivity index (χ3n) is 6.02. The summed E-state index contributed by atoms with van der Waals surface area (Å²) in [6, 6.07) is 15.6. The first-order valence-electron chi connectivity index (χ1n) is 10.5. The Morgan fingerprint density at radius 3 is 2.60 bits per heavy atom. The van der Waals surface area contributed by atoms with Crippen LogP contribution in [0.4, 0.5) is 4.79 Å².